The number of alkyl halides is 1. The molecule has 0 N–H and O–H groups in total. The minimum atomic E-state index is -0.775. The van der Waals surface area contributed by atoms with Gasteiger partial charge in [0.2, 0.25) is 0 Å². The van der Waals surface area contributed by atoms with E-state index in [-0.39, 0.29) is 16.9 Å². The lowest BCUT2D eigenvalue weighted by Crippen LogP contribution is -2.00. The molecular weight excluding hydrogens is 301 g/mol. The zero-order valence-electron chi connectivity index (χ0n) is 11.0. The fourth-order valence-corrected chi connectivity index (χ4v) is 2.43. The van der Waals surface area contributed by atoms with E-state index >= 15 is 0 Å². The van der Waals surface area contributed by atoms with Crippen molar-refractivity contribution in [3.63, 3.8) is 0 Å². The van der Waals surface area contributed by atoms with Crippen LogP contribution in [0.15, 0.2) is 30.3 Å². The van der Waals surface area contributed by atoms with Gasteiger partial charge in [0.25, 0.3) is 0 Å². The maximum absolute atomic E-state index is 13.8. The first-order valence-corrected chi connectivity index (χ1v) is 6.73. The molecule has 6 heteroatoms. The van der Waals surface area contributed by atoms with E-state index in [1.165, 1.54) is 10.6 Å². The summed E-state index contributed by atoms with van der Waals surface area (Å²) in [6.45, 7) is 1.63. The summed E-state index contributed by atoms with van der Waals surface area (Å²) in [5.74, 6) is -1.60. The first-order valence-electron chi connectivity index (χ1n) is 6.20. The summed E-state index contributed by atoms with van der Waals surface area (Å²) in [5, 5.41) is 0. The Kier molecular flexibility index (Phi) is 3.37. The summed E-state index contributed by atoms with van der Waals surface area (Å²) in [7, 11) is 0. The van der Waals surface area contributed by atoms with Crippen molar-refractivity contribution in [3.8, 4) is 5.69 Å². The Bertz CT molecular complexity index is 843. The van der Waals surface area contributed by atoms with E-state index in [0.717, 1.165) is 12.1 Å². The average Bonchev–Trinajstić information content (AvgIpc) is 2.80. The SMILES string of the molecule is Cc1ccc(-n2c(CCl)nc3c(F)cc(F)cc32)cc1F. The minimum Gasteiger partial charge on any atom is -0.295 e. The number of aryl methyl sites for hydroxylation is 1. The van der Waals surface area contributed by atoms with Gasteiger partial charge in [-0.15, -0.1) is 11.6 Å². The Morgan fingerprint density at radius 3 is 2.52 bits per heavy atom. The highest BCUT2D eigenvalue weighted by Gasteiger charge is 2.17. The number of nitrogens with zero attached hydrogens (tertiary/aromatic N) is 2. The van der Waals surface area contributed by atoms with Crippen LogP contribution >= 0.6 is 11.6 Å². The van der Waals surface area contributed by atoms with Crippen LogP contribution in [-0.4, -0.2) is 9.55 Å². The van der Waals surface area contributed by atoms with Crippen LogP contribution < -0.4 is 0 Å². The van der Waals surface area contributed by atoms with Crippen LogP contribution in [0.1, 0.15) is 11.4 Å². The van der Waals surface area contributed by atoms with Gasteiger partial charge < -0.3 is 0 Å². The average molecular weight is 311 g/mol. The number of fused-ring (bicyclic) bond motifs is 1. The van der Waals surface area contributed by atoms with E-state index in [4.69, 9.17) is 11.6 Å². The van der Waals surface area contributed by atoms with Crippen LogP contribution in [0.5, 0.6) is 0 Å². The van der Waals surface area contributed by atoms with Gasteiger partial charge in [-0.2, -0.15) is 0 Å². The molecule has 0 spiro atoms. The van der Waals surface area contributed by atoms with Gasteiger partial charge in [-0.25, -0.2) is 18.2 Å². The molecule has 0 fully saturated rings. The van der Waals surface area contributed by atoms with Crippen molar-refractivity contribution in [1.82, 2.24) is 9.55 Å². The standard InChI is InChI=1S/C15H10ClF3N2/c1-8-2-3-10(6-11(8)18)21-13-5-9(17)4-12(19)15(13)20-14(21)7-16/h2-6H,7H2,1H3. The molecule has 0 saturated heterocycles. The van der Waals surface area contributed by atoms with Crippen LogP contribution in [0.3, 0.4) is 0 Å². The highest BCUT2D eigenvalue weighted by molar-refractivity contribution is 6.17. The third kappa shape index (κ3) is 2.27. The second-order valence-corrected chi connectivity index (χ2v) is 4.95. The number of imidazole rings is 1. The van der Waals surface area contributed by atoms with E-state index < -0.39 is 17.5 Å². The molecule has 0 unspecified atom stereocenters. The zero-order valence-corrected chi connectivity index (χ0v) is 11.8. The molecule has 108 valence electrons. The van der Waals surface area contributed by atoms with Gasteiger partial charge in [-0.3, -0.25) is 4.57 Å². The number of rotatable bonds is 2. The Labute approximate surface area is 123 Å². The van der Waals surface area contributed by atoms with E-state index in [1.54, 1.807) is 19.1 Å². The molecule has 0 atom stereocenters. The van der Waals surface area contributed by atoms with Crippen LogP contribution in [0.25, 0.3) is 16.7 Å². The minimum absolute atomic E-state index is 0.00744. The first-order chi connectivity index (χ1) is 10.0. The normalized spacial score (nSPS) is 11.3. The molecule has 0 bridgehead atoms. The fraction of sp³-hybridized carbons (Fsp3) is 0.133. The fourth-order valence-electron chi connectivity index (χ4n) is 2.25. The van der Waals surface area contributed by atoms with Gasteiger partial charge in [0, 0.05) is 12.1 Å². The van der Waals surface area contributed by atoms with Crippen LogP contribution in [0, 0.1) is 24.4 Å². The Hall–Kier alpha value is -2.01. The molecule has 0 aliphatic rings. The molecule has 21 heavy (non-hydrogen) atoms. The lowest BCUT2D eigenvalue weighted by molar-refractivity contribution is 0.590. The Morgan fingerprint density at radius 2 is 1.86 bits per heavy atom. The van der Waals surface area contributed by atoms with Gasteiger partial charge >= 0.3 is 0 Å². The van der Waals surface area contributed by atoms with Crippen molar-refractivity contribution in [2.24, 2.45) is 0 Å². The Balaban J connectivity index is 2.36. The van der Waals surface area contributed by atoms with Crippen molar-refractivity contribution < 1.29 is 13.2 Å². The predicted molar refractivity (Wildman–Crippen MR) is 75.2 cm³/mol. The molecule has 1 aromatic heterocycles. The summed E-state index contributed by atoms with van der Waals surface area (Å²) in [6, 6.07) is 6.44. The predicted octanol–water partition coefficient (Wildman–Crippen LogP) is 4.49. The lowest BCUT2D eigenvalue weighted by atomic mass is 10.2. The van der Waals surface area contributed by atoms with Crippen molar-refractivity contribution >= 4 is 22.6 Å². The smallest absolute Gasteiger partial charge is 0.153 e. The van der Waals surface area contributed by atoms with E-state index in [9.17, 15) is 13.2 Å². The van der Waals surface area contributed by atoms with Crippen LogP contribution in [0.4, 0.5) is 13.2 Å². The van der Waals surface area contributed by atoms with E-state index in [2.05, 4.69) is 4.98 Å². The molecule has 0 aliphatic heterocycles. The molecule has 2 nitrogen and oxygen atoms in total. The van der Waals surface area contributed by atoms with Crippen LogP contribution in [0.2, 0.25) is 0 Å². The number of halogens is 4. The summed E-state index contributed by atoms with van der Waals surface area (Å²) < 4.78 is 42.5. The third-order valence-electron chi connectivity index (χ3n) is 3.28. The van der Waals surface area contributed by atoms with Crippen molar-refractivity contribution in [2.75, 3.05) is 0 Å². The number of benzene rings is 2. The third-order valence-corrected chi connectivity index (χ3v) is 3.52. The van der Waals surface area contributed by atoms with E-state index in [0.29, 0.717) is 17.1 Å². The monoisotopic (exact) mass is 310 g/mol. The lowest BCUT2D eigenvalue weighted by Gasteiger charge is -2.09. The molecule has 3 aromatic rings. The van der Waals surface area contributed by atoms with Gasteiger partial charge in [0.05, 0.1) is 17.1 Å². The highest BCUT2D eigenvalue weighted by atomic mass is 35.5. The van der Waals surface area contributed by atoms with Gasteiger partial charge in [-0.05, 0) is 24.6 Å². The number of aromatic nitrogens is 2. The molecule has 0 radical (unpaired) electrons. The summed E-state index contributed by atoms with van der Waals surface area (Å²) in [4.78, 5) is 4.07. The highest BCUT2D eigenvalue weighted by Crippen LogP contribution is 2.26. The maximum Gasteiger partial charge on any atom is 0.153 e. The Morgan fingerprint density at radius 1 is 1.10 bits per heavy atom. The van der Waals surface area contributed by atoms with E-state index in [1.807, 2.05) is 0 Å². The molecular formula is C15H10ClF3N2. The molecule has 0 amide bonds. The van der Waals surface area contributed by atoms with Crippen molar-refractivity contribution in [2.45, 2.75) is 12.8 Å². The van der Waals surface area contributed by atoms with Gasteiger partial charge in [0.1, 0.15) is 23.0 Å². The quantitative estimate of drug-likeness (QED) is 0.638. The second-order valence-electron chi connectivity index (χ2n) is 4.69. The molecule has 3 rings (SSSR count). The largest absolute Gasteiger partial charge is 0.295 e. The topological polar surface area (TPSA) is 17.8 Å². The van der Waals surface area contributed by atoms with Crippen molar-refractivity contribution in [3.05, 3.63) is 59.2 Å². The second kappa shape index (κ2) is 5.07. The summed E-state index contributed by atoms with van der Waals surface area (Å²) in [5.41, 5.74) is 1.12. The van der Waals surface area contributed by atoms with Gasteiger partial charge in [-0.1, -0.05) is 6.07 Å². The first kappa shape index (κ1) is 13.9. The van der Waals surface area contributed by atoms with Crippen LogP contribution in [-0.2, 0) is 5.88 Å². The summed E-state index contributed by atoms with van der Waals surface area (Å²) in [6.07, 6.45) is 0. The van der Waals surface area contributed by atoms with Gasteiger partial charge in [0.15, 0.2) is 5.82 Å². The molecule has 2 aromatic carbocycles. The molecule has 1 heterocycles. The summed E-state index contributed by atoms with van der Waals surface area (Å²) >= 11 is 5.82. The number of hydrogen-bond donors (Lipinski definition) is 0. The molecule has 0 saturated carbocycles. The molecule has 0 aliphatic carbocycles. The maximum atomic E-state index is 13.8. The number of hydrogen-bond acceptors (Lipinski definition) is 1. The zero-order chi connectivity index (χ0) is 15.1. The van der Waals surface area contributed by atoms with Crippen molar-refractivity contribution in [1.29, 1.82) is 0 Å².